The van der Waals surface area contributed by atoms with E-state index >= 15 is 0 Å². The Labute approximate surface area is 99.0 Å². The summed E-state index contributed by atoms with van der Waals surface area (Å²) in [4.78, 5) is 12.6. The maximum atomic E-state index is 11.2. The molecule has 0 bridgehead atoms. The van der Waals surface area contributed by atoms with Gasteiger partial charge in [0.15, 0.2) is 0 Å². The minimum absolute atomic E-state index is 0.00676. The third-order valence-corrected chi connectivity index (χ3v) is 2.50. The number of carbonyl (C=O) groups excluding carboxylic acids is 1. The quantitative estimate of drug-likeness (QED) is 0.647. The molecule has 0 aromatic heterocycles. The fourth-order valence-electron chi connectivity index (χ4n) is 1.33. The lowest BCUT2D eigenvalue weighted by Gasteiger charge is -2.07. The number of rotatable bonds is 0. The number of nitrogens with zero attached hydrogens (tertiary/aromatic N) is 1. The summed E-state index contributed by atoms with van der Waals surface area (Å²) < 4.78 is 4.85. The highest BCUT2D eigenvalue weighted by atomic mass is 35.5. The fraction of sp³-hybridized carbons (Fsp3) is 0.250. The Balaban J connectivity index is 2.15. The van der Waals surface area contributed by atoms with Crippen LogP contribution in [-0.4, -0.2) is 23.6 Å². The van der Waals surface area contributed by atoms with E-state index in [0.717, 1.165) is 5.56 Å². The molecule has 0 unspecified atom stereocenters. The number of cyclic esters (lactones) is 1. The van der Waals surface area contributed by atoms with Gasteiger partial charge in [-0.1, -0.05) is 11.6 Å². The zero-order valence-corrected chi connectivity index (χ0v) is 9.49. The first-order chi connectivity index (χ1) is 7.66. The molecule has 16 heavy (non-hydrogen) atoms. The van der Waals surface area contributed by atoms with E-state index in [-0.39, 0.29) is 12.1 Å². The van der Waals surface area contributed by atoms with Gasteiger partial charge in [0, 0.05) is 16.6 Å². The lowest BCUT2D eigenvalue weighted by Crippen LogP contribution is -2.25. The van der Waals surface area contributed by atoms with Crippen LogP contribution in [0.3, 0.4) is 0 Å². The molecule has 0 aliphatic carbocycles. The van der Waals surface area contributed by atoms with Crippen LogP contribution in [-0.2, 0) is 4.74 Å². The predicted octanol–water partition coefficient (Wildman–Crippen LogP) is 2.49. The summed E-state index contributed by atoms with van der Waals surface area (Å²) in [5.41, 5.74) is 0.816. The van der Waals surface area contributed by atoms with Crippen LogP contribution in [0.4, 0.5) is 4.79 Å². The maximum absolute atomic E-state index is 11.2. The van der Waals surface area contributed by atoms with Crippen molar-refractivity contribution >= 4 is 17.7 Å². The van der Waals surface area contributed by atoms with Crippen molar-refractivity contribution in [1.29, 1.82) is 0 Å². The van der Waals surface area contributed by atoms with Crippen molar-refractivity contribution < 1.29 is 9.53 Å². The van der Waals surface area contributed by atoms with Crippen LogP contribution in [0.5, 0.6) is 0 Å². The van der Waals surface area contributed by atoms with Crippen molar-refractivity contribution in [2.24, 2.45) is 0 Å². The van der Waals surface area contributed by atoms with E-state index in [4.69, 9.17) is 16.3 Å². The first-order valence-electron chi connectivity index (χ1n) is 4.90. The lowest BCUT2D eigenvalue weighted by atomic mass is 10.2. The molecule has 1 fully saturated rings. The van der Waals surface area contributed by atoms with E-state index in [1.165, 1.54) is 4.90 Å². The molecule has 0 radical (unpaired) electrons. The van der Waals surface area contributed by atoms with Crippen LogP contribution in [0.15, 0.2) is 24.3 Å². The van der Waals surface area contributed by atoms with Crippen molar-refractivity contribution in [3.63, 3.8) is 0 Å². The maximum Gasteiger partial charge on any atom is 0.422 e. The van der Waals surface area contributed by atoms with Gasteiger partial charge in [0.25, 0.3) is 0 Å². The number of halogens is 1. The summed E-state index contributed by atoms with van der Waals surface area (Å²) in [5.74, 6) is 2.89. The summed E-state index contributed by atoms with van der Waals surface area (Å²) in [6.45, 7) is 2.29. The van der Waals surface area contributed by atoms with E-state index in [9.17, 15) is 4.79 Å². The summed E-state index contributed by atoms with van der Waals surface area (Å²) in [7, 11) is 0. The molecule has 0 spiro atoms. The number of amides is 1. The Bertz CT molecular complexity index is 458. The molecule has 1 atom stereocenters. The largest absolute Gasteiger partial charge is 0.446 e. The Morgan fingerprint density at radius 2 is 2.12 bits per heavy atom. The lowest BCUT2D eigenvalue weighted by molar-refractivity contribution is 0.167. The molecular formula is C12H10ClNO2. The fourth-order valence-corrected chi connectivity index (χ4v) is 1.46. The molecule has 4 heteroatoms. The van der Waals surface area contributed by atoms with Crippen molar-refractivity contribution in [2.75, 3.05) is 6.61 Å². The van der Waals surface area contributed by atoms with E-state index in [0.29, 0.717) is 11.6 Å². The first kappa shape index (κ1) is 10.8. The number of hydrogen-bond donors (Lipinski definition) is 0. The second kappa shape index (κ2) is 4.46. The van der Waals surface area contributed by atoms with Crippen LogP contribution < -0.4 is 0 Å². The molecule has 1 saturated heterocycles. The third kappa shape index (κ3) is 2.29. The molecule has 1 amide bonds. The van der Waals surface area contributed by atoms with Crippen LogP contribution in [0.2, 0.25) is 5.02 Å². The smallest absolute Gasteiger partial charge is 0.422 e. The van der Waals surface area contributed by atoms with Gasteiger partial charge < -0.3 is 4.74 Å². The number of carbonyl (C=O) groups is 1. The summed E-state index contributed by atoms with van der Waals surface area (Å²) in [6.07, 6.45) is -0.381. The molecule has 0 saturated carbocycles. The summed E-state index contributed by atoms with van der Waals surface area (Å²) in [5, 5.41) is 0.666. The zero-order valence-electron chi connectivity index (χ0n) is 8.74. The average molecular weight is 236 g/mol. The highest BCUT2D eigenvalue weighted by molar-refractivity contribution is 6.30. The van der Waals surface area contributed by atoms with Gasteiger partial charge in [-0.15, -0.1) is 0 Å². The molecule has 82 valence electrons. The molecule has 1 heterocycles. The second-order valence-corrected chi connectivity index (χ2v) is 3.98. The van der Waals surface area contributed by atoms with Gasteiger partial charge in [-0.25, -0.2) is 9.69 Å². The number of hydrogen-bond acceptors (Lipinski definition) is 2. The highest BCUT2D eigenvalue weighted by Gasteiger charge is 2.27. The third-order valence-electron chi connectivity index (χ3n) is 2.25. The summed E-state index contributed by atoms with van der Waals surface area (Å²) in [6, 6.07) is 9.93. The molecule has 1 aliphatic heterocycles. The van der Waals surface area contributed by atoms with Crippen molar-refractivity contribution in [3.8, 4) is 12.0 Å². The van der Waals surface area contributed by atoms with E-state index in [1.807, 2.05) is 6.92 Å². The minimum atomic E-state index is -0.381. The Morgan fingerprint density at radius 1 is 1.44 bits per heavy atom. The topological polar surface area (TPSA) is 29.5 Å². The Morgan fingerprint density at radius 3 is 2.69 bits per heavy atom. The van der Waals surface area contributed by atoms with Crippen molar-refractivity contribution in [1.82, 2.24) is 4.90 Å². The summed E-state index contributed by atoms with van der Waals surface area (Å²) >= 11 is 5.75. The van der Waals surface area contributed by atoms with Crippen molar-refractivity contribution in [2.45, 2.75) is 13.0 Å². The normalized spacial score (nSPS) is 19.0. The first-order valence-corrected chi connectivity index (χ1v) is 5.28. The van der Waals surface area contributed by atoms with Crippen LogP contribution in [0, 0.1) is 12.0 Å². The molecule has 1 aromatic carbocycles. The monoisotopic (exact) mass is 235 g/mol. The van der Waals surface area contributed by atoms with Gasteiger partial charge >= 0.3 is 6.09 Å². The predicted molar refractivity (Wildman–Crippen MR) is 61.0 cm³/mol. The zero-order chi connectivity index (χ0) is 11.5. The minimum Gasteiger partial charge on any atom is -0.446 e. The van der Waals surface area contributed by atoms with E-state index in [1.54, 1.807) is 24.3 Å². The van der Waals surface area contributed by atoms with Crippen molar-refractivity contribution in [3.05, 3.63) is 34.9 Å². The molecule has 2 rings (SSSR count). The average Bonchev–Trinajstić information content (AvgIpc) is 2.59. The van der Waals surface area contributed by atoms with Gasteiger partial charge in [-0.3, -0.25) is 0 Å². The van der Waals surface area contributed by atoms with Crippen LogP contribution in [0.1, 0.15) is 12.5 Å². The van der Waals surface area contributed by atoms with Gasteiger partial charge in [0.1, 0.15) is 6.61 Å². The standard InChI is InChI=1S/C12H10ClNO2/c1-9-8-16-12(15)14(9)7-6-10-2-4-11(13)5-3-10/h2-5,9H,8H2,1H3/t9-/m0/s1. The van der Waals surface area contributed by atoms with Gasteiger partial charge in [0.05, 0.1) is 6.04 Å². The Kier molecular flexibility index (Phi) is 3.02. The molecule has 1 aliphatic rings. The van der Waals surface area contributed by atoms with Gasteiger partial charge in [-0.2, -0.15) is 0 Å². The SMILES string of the molecule is C[C@H]1COC(=O)N1C#Cc1ccc(Cl)cc1. The molecule has 0 N–H and O–H groups in total. The van der Waals surface area contributed by atoms with E-state index in [2.05, 4.69) is 12.0 Å². The second-order valence-electron chi connectivity index (χ2n) is 3.54. The number of benzene rings is 1. The van der Waals surface area contributed by atoms with E-state index < -0.39 is 0 Å². The molecular weight excluding hydrogens is 226 g/mol. The molecule has 1 aromatic rings. The number of ether oxygens (including phenoxy) is 1. The van der Waals surface area contributed by atoms with Crippen LogP contribution in [0.25, 0.3) is 0 Å². The Hall–Kier alpha value is -1.66. The molecule has 3 nitrogen and oxygen atoms in total. The van der Waals surface area contributed by atoms with Gasteiger partial charge in [-0.05, 0) is 37.1 Å². The van der Waals surface area contributed by atoms with Gasteiger partial charge in [0.2, 0.25) is 0 Å². The van der Waals surface area contributed by atoms with Crippen LogP contribution >= 0.6 is 11.6 Å². The highest BCUT2D eigenvalue weighted by Crippen LogP contribution is 2.11.